The fraction of sp³-hybridized carbons (Fsp3) is 0.250. The third-order valence-electron chi connectivity index (χ3n) is 1.38. The van der Waals surface area contributed by atoms with Crippen LogP contribution in [0.4, 0.5) is 10.1 Å². The summed E-state index contributed by atoms with van der Waals surface area (Å²) >= 11 is 7.01. The molecule has 0 atom stereocenters. The molecular formula is C8H9ClFNS. The first-order valence-electron chi connectivity index (χ1n) is 3.53. The van der Waals surface area contributed by atoms with Gasteiger partial charge in [0.25, 0.3) is 0 Å². The zero-order chi connectivity index (χ0) is 9.14. The minimum absolute atomic E-state index is 0.0217. The third-order valence-corrected chi connectivity index (χ3v) is 2.68. The van der Waals surface area contributed by atoms with E-state index in [9.17, 15) is 4.39 Å². The summed E-state index contributed by atoms with van der Waals surface area (Å²) in [5.41, 5.74) is 5.69. The van der Waals surface area contributed by atoms with Gasteiger partial charge in [0.1, 0.15) is 5.02 Å². The molecule has 0 radical (unpaired) electrons. The summed E-state index contributed by atoms with van der Waals surface area (Å²) in [6.45, 7) is 1.95. The van der Waals surface area contributed by atoms with Gasteiger partial charge in [-0.2, -0.15) is 0 Å². The van der Waals surface area contributed by atoms with Crippen molar-refractivity contribution in [2.24, 2.45) is 0 Å². The third kappa shape index (κ3) is 1.84. The van der Waals surface area contributed by atoms with E-state index >= 15 is 0 Å². The van der Waals surface area contributed by atoms with Crippen LogP contribution < -0.4 is 5.73 Å². The SMILES string of the molecule is CCSc1ccc(N)c(Cl)c1F. The first-order chi connectivity index (χ1) is 5.66. The van der Waals surface area contributed by atoms with Gasteiger partial charge in [0, 0.05) is 4.90 Å². The summed E-state index contributed by atoms with van der Waals surface area (Å²) in [6.07, 6.45) is 0. The highest BCUT2D eigenvalue weighted by Crippen LogP contribution is 2.30. The Balaban J connectivity index is 3.08. The molecule has 1 rings (SSSR count). The van der Waals surface area contributed by atoms with Crippen molar-refractivity contribution < 1.29 is 4.39 Å². The lowest BCUT2D eigenvalue weighted by molar-refractivity contribution is 0.603. The van der Waals surface area contributed by atoms with Gasteiger partial charge in [-0.05, 0) is 17.9 Å². The predicted molar refractivity (Wildman–Crippen MR) is 52.2 cm³/mol. The van der Waals surface area contributed by atoms with E-state index < -0.39 is 5.82 Å². The molecule has 0 aliphatic carbocycles. The number of nitrogen functional groups attached to an aromatic ring is 1. The van der Waals surface area contributed by atoms with Crippen LogP contribution in [-0.2, 0) is 0 Å². The van der Waals surface area contributed by atoms with E-state index in [1.54, 1.807) is 12.1 Å². The van der Waals surface area contributed by atoms with E-state index in [4.69, 9.17) is 17.3 Å². The van der Waals surface area contributed by atoms with Crippen LogP contribution in [0.1, 0.15) is 6.92 Å². The quantitative estimate of drug-likeness (QED) is 0.593. The number of halogens is 2. The number of thioether (sulfide) groups is 1. The molecule has 1 nitrogen and oxygen atoms in total. The van der Waals surface area contributed by atoms with Crippen LogP contribution in [0.15, 0.2) is 17.0 Å². The molecule has 4 heteroatoms. The molecule has 0 bridgehead atoms. The smallest absolute Gasteiger partial charge is 0.157 e. The molecule has 0 amide bonds. The number of nitrogens with two attached hydrogens (primary N) is 1. The van der Waals surface area contributed by atoms with E-state index in [2.05, 4.69) is 0 Å². The van der Waals surface area contributed by atoms with E-state index in [0.29, 0.717) is 4.90 Å². The van der Waals surface area contributed by atoms with Gasteiger partial charge >= 0.3 is 0 Å². The van der Waals surface area contributed by atoms with Crippen molar-refractivity contribution in [2.45, 2.75) is 11.8 Å². The summed E-state index contributed by atoms with van der Waals surface area (Å²) in [5, 5.41) is 0.0217. The largest absolute Gasteiger partial charge is 0.397 e. The van der Waals surface area contributed by atoms with Gasteiger partial charge in [-0.1, -0.05) is 18.5 Å². The maximum absolute atomic E-state index is 13.2. The highest BCUT2D eigenvalue weighted by Gasteiger charge is 2.08. The van der Waals surface area contributed by atoms with E-state index in [-0.39, 0.29) is 10.7 Å². The maximum Gasteiger partial charge on any atom is 0.157 e. The zero-order valence-corrected chi connectivity index (χ0v) is 8.18. The Kier molecular flexibility index (Phi) is 3.23. The van der Waals surface area contributed by atoms with Gasteiger partial charge in [0.05, 0.1) is 5.69 Å². The zero-order valence-electron chi connectivity index (χ0n) is 6.60. The van der Waals surface area contributed by atoms with Crippen molar-refractivity contribution in [1.29, 1.82) is 0 Å². The molecule has 12 heavy (non-hydrogen) atoms. The molecule has 1 aromatic carbocycles. The average molecular weight is 206 g/mol. The first-order valence-corrected chi connectivity index (χ1v) is 4.89. The van der Waals surface area contributed by atoms with Gasteiger partial charge in [0.2, 0.25) is 0 Å². The monoisotopic (exact) mass is 205 g/mol. The molecular weight excluding hydrogens is 197 g/mol. The molecule has 0 aliphatic heterocycles. The fourth-order valence-electron chi connectivity index (χ4n) is 0.814. The molecule has 2 N–H and O–H groups in total. The number of benzene rings is 1. The van der Waals surface area contributed by atoms with Gasteiger partial charge < -0.3 is 5.73 Å². The lowest BCUT2D eigenvalue weighted by Crippen LogP contribution is -1.91. The molecule has 0 heterocycles. The van der Waals surface area contributed by atoms with Crippen LogP contribution in [0.3, 0.4) is 0 Å². The van der Waals surface area contributed by atoms with Crippen LogP contribution in [0.25, 0.3) is 0 Å². The highest BCUT2D eigenvalue weighted by atomic mass is 35.5. The molecule has 0 saturated carbocycles. The standard InChI is InChI=1S/C8H9ClFNS/c1-2-12-6-4-3-5(11)7(9)8(6)10/h3-4H,2,11H2,1H3. The van der Waals surface area contributed by atoms with Gasteiger partial charge in [0.15, 0.2) is 5.82 Å². The minimum Gasteiger partial charge on any atom is -0.397 e. The van der Waals surface area contributed by atoms with E-state index in [1.165, 1.54) is 11.8 Å². The van der Waals surface area contributed by atoms with E-state index in [1.807, 2.05) is 6.92 Å². The Bertz CT molecular complexity index is 291. The van der Waals surface area contributed by atoms with Crippen LogP contribution >= 0.6 is 23.4 Å². The normalized spacial score (nSPS) is 10.2. The van der Waals surface area contributed by atoms with Crippen molar-refractivity contribution in [3.8, 4) is 0 Å². The van der Waals surface area contributed by atoms with Crippen LogP contribution in [0.2, 0.25) is 5.02 Å². The Morgan fingerprint density at radius 1 is 1.58 bits per heavy atom. The molecule has 0 fully saturated rings. The average Bonchev–Trinajstić information content (AvgIpc) is 2.07. The maximum atomic E-state index is 13.2. The van der Waals surface area contributed by atoms with Crippen molar-refractivity contribution in [1.82, 2.24) is 0 Å². The number of rotatable bonds is 2. The molecule has 0 saturated heterocycles. The summed E-state index contributed by atoms with van der Waals surface area (Å²) in [7, 11) is 0. The van der Waals surface area contributed by atoms with E-state index in [0.717, 1.165) is 5.75 Å². The summed E-state index contributed by atoms with van der Waals surface area (Å²) in [6, 6.07) is 3.26. The molecule has 1 aromatic rings. The second-order valence-electron chi connectivity index (χ2n) is 2.21. The Morgan fingerprint density at radius 2 is 2.25 bits per heavy atom. The van der Waals surface area contributed by atoms with Crippen LogP contribution in [-0.4, -0.2) is 5.75 Å². The number of hydrogen-bond donors (Lipinski definition) is 1. The molecule has 0 aliphatic rings. The number of hydrogen-bond acceptors (Lipinski definition) is 2. The minimum atomic E-state index is -0.413. The van der Waals surface area contributed by atoms with Crippen LogP contribution in [0, 0.1) is 5.82 Å². The van der Waals surface area contributed by atoms with Gasteiger partial charge in [-0.3, -0.25) is 0 Å². The van der Waals surface area contributed by atoms with Crippen molar-refractivity contribution in [2.75, 3.05) is 11.5 Å². The molecule has 0 aromatic heterocycles. The van der Waals surface area contributed by atoms with Crippen molar-refractivity contribution in [3.63, 3.8) is 0 Å². The Hall–Kier alpha value is -0.410. The fourth-order valence-corrected chi connectivity index (χ4v) is 1.74. The Morgan fingerprint density at radius 3 is 2.83 bits per heavy atom. The molecule has 66 valence electrons. The topological polar surface area (TPSA) is 26.0 Å². The van der Waals surface area contributed by atoms with Crippen LogP contribution in [0.5, 0.6) is 0 Å². The molecule has 0 unspecified atom stereocenters. The molecule has 0 spiro atoms. The second kappa shape index (κ2) is 4.01. The number of anilines is 1. The lowest BCUT2D eigenvalue weighted by atomic mass is 10.3. The van der Waals surface area contributed by atoms with Gasteiger partial charge in [-0.25, -0.2) is 4.39 Å². The Labute approximate surface area is 80.1 Å². The summed E-state index contributed by atoms with van der Waals surface area (Å²) in [5.74, 6) is 0.403. The predicted octanol–water partition coefficient (Wildman–Crippen LogP) is 3.17. The second-order valence-corrected chi connectivity index (χ2v) is 3.90. The van der Waals surface area contributed by atoms with Gasteiger partial charge in [-0.15, -0.1) is 11.8 Å². The summed E-state index contributed by atoms with van der Waals surface area (Å²) in [4.78, 5) is 0.553. The lowest BCUT2D eigenvalue weighted by Gasteiger charge is -2.04. The van der Waals surface area contributed by atoms with Crippen molar-refractivity contribution in [3.05, 3.63) is 23.0 Å². The first kappa shape index (κ1) is 9.68. The van der Waals surface area contributed by atoms with Crippen molar-refractivity contribution >= 4 is 29.1 Å². The highest BCUT2D eigenvalue weighted by molar-refractivity contribution is 7.99. The summed E-state index contributed by atoms with van der Waals surface area (Å²) < 4.78 is 13.2.